The molecule has 0 aliphatic heterocycles. The third-order valence-corrected chi connectivity index (χ3v) is 6.58. The maximum atomic E-state index is 13.0. The largest absolute Gasteiger partial charge is 0.457 e. The van der Waals surface area contributed by atoms with Gasteiger partial charge in [-0.3, -0.25) is 19.1 Å². The molecule has 0 bridgehead atoms. The van der Waals surface area contributed by atoms with Gasteiger partial charge in [-0.15, -0.1) is 11.3 Å². The molecule has 0 spiro atoms. The molecule has 0 aliphatic carbocycles. The Morgan fingerprint density at radius 2 is 1.79 bits per heavy atom. The van der Waals surface area contributed by atoms with Crippen LogP contribution in [0.5, 0.6) is 0 Å². The fraction of sp³-hybridized carbons (Fsp3) is 0.200. The molecule has 0 saturated heterocycles. The summed E-state index contributed by atoms with van der Waals surface area (Å²) in [5, 5.41) is 0.260. The van der Waals surface area contributed by atoms with Gasteiger partial charge in [0, 0.05) is 19.0 Å². The number of ketones is 1. The molecule has 34 heavy (non-hydrogen) atoms. The minimum absolute atomic E-state index is 0.0373. The number of aromatic amines is 1. The Labute approximate surface area is 197 Å². The molecule has 1 N–H and O–H groups in total. The molecule has 174 valence electrons. The van der Waals surface area contributed by atoms with E-state index in [1.165, 1.54) is 41.9 Å². The fourth-order valence-electron chi connectivity index (χ4n) is 3.56. The molecule has 0 aliphatic rings. The molecule has 4 rings (SSSR count). The number of thiophene rings is 1. The number of aromatic nitrogens is 2. The van der Waals surface area contributed by atoms with Crippen molar-refractivity contribution < 1.29 is 18.7 Å². The zero-order valence-corrected chi connectivity index (χ0v) is 19.1. The molecule has 0 saturated carbocycles. The third kappa shape index (κ3) is 5.20. The summed E-state index contributed by atoms with van der Waals surface area (Å²) in [6.45, 7) is 0.0463. The quantitative estimate of drug-likeness (QED) is 0.304. The number of Topliss-reactive ketones (excluding diaryl/α,β-unsaturated/α-hetero) is 1. The number of carbonyl (C=O) groups is 2. The van der Waals surface area contributed by atoms with Crippen LogP contribution >= 0.6 is 11.3 Å². The predicted molar refractivity (Wildman–Crippen MR) is 127 cm³/mol. The summed E-state index contributed by atoms with van der Waals surface area (Å²) in [6.07, 6.45) is 1.65. The van der Waals surface area contributed by atoms with Gasteiger partial charge in [0.15, 0.2) is 5.78 Å². The van der Waals surface area contributed by atoms with Crippen molar-refractivity contribution in [1.82, 2.24) is 9.55 Å². The molecule has 2 aromatic carbocycles. The van der Waals surface area contributed by atoms with Crippen molar-refractivity contribution in [2.45, 2.75) is 25.9 Å². The highest BCUT2D eigenvalue weighted by Gasteiger charge is 2.16. The minimum Gasteiger partial charge on any atom is -0.457 e. The molecule has 2 heterocycles. The molecule has 0 fully saturated rings. The number of hydrogen-bond acceptors (Lipinski definition) is 6. The van der Waals surface area contributed by atoms with Gasteiger partial charge < -0.3 is 4.74 Å². The van der Waals surface area contributed by atoms with Crippen molar-refractivity contribution in [3.8, 4) is 0 Å². The first-order chi connectivity index (χ1) is 16.3. The standard InChI is InChI=1S/C25H21FN2O5S/c1-28-23-19(22(30)27-25(28)32)13-21(34-23)24(31)33-14-16-6-2-4-15(12-16)5-3-7-20(29)17-8-10-18(26)11-9-17/h2,4,6,8-13H,3,5,7,14H2,1H3,(H,27,30,32). The topological polar surface area (TPSA) is 98.2 Å². The maximum absolute atomic E-state index is 13.0. The van der Waals surface area contributed by atoms with Crippen LogP contribution in [0.3, 0.4) is 0 Å². The average molecular weight is 481 g/mol. The van der Waals surface area contributed by atoms with Gasteiger partial charge in [-0.2, -0.15) is 0 Å². The van der Waals surface area contributed by atoms with Crippen LogP contribution in [0.25, 0.3) is 10.2 Å². The highest BCUT2D eigenvalue weighted by molar-refractivity contribution is 7.20. The summed E-state index contributed by atoms with van der Waals surface area (Å²) in [6, 6.07) is 14.5. The van der Waals surface area contributed by atoms with Crippen LogP contribution < -0.4 is 11.2 Å². The number of aryl methyl sites for hydroxylation is 2. The van der Waals surface area contributed by atoms with Gasteiger partial charge in [-0.1, -0.05) is 24.3 Å². The third-order valence-electron chi connectivity index (χ3n) is 5.38. The number of carbonyl (C=O) groups excluding carboxylic acids is 2. The van der Waals surface area contributed by atoms with E-state index in [1.54, 1.807) is 0 Å². The lowest BCUT2D eigenvalue weighted by Gasteiger charge is -2.07. The molecule has 7 nitrogen and oxygen atoms in total. The summed E-state index contributed by atoms with van der Waals surface area (Å²) in [7, 11) is 1.52. The molecule has 0 atom stereocenters. The molecule has 0 radical (unpaired) electrons. The van der Waals surface area contributed by atoms with E-state index in [9.17, 15) is 23.6 Å². The highest BCUT2D eigenvalue weighted by atomic mass is 32.1. The van der Waals surface area contributed by atoms with E-state index in [-0.39, 0.29) is 28.5 Å². The second kappa shape index (κ2) is 9.96. The number of esters is 1. The number of nitrogens with zero attached hydrogens (tertiary/aromatic N) is 1. The van der Waals surface area contributed by atoms with Crippen molar-refractivity contribution in [3.05, 3.63) is 103 Å². The van der Waals surface area contributed by atoms with Crippen LogP contribution in [0.1, 0.15) is 44.0 Å². The van der Waals surface area contributed by atoms with Gasteiger partial charge in [0.1, 0.15) is 22.1 Å². The van der Waals surface area contributed by atoms with E-state index in [0.717, 1.165) is 22.5 Å². The van der Waals surface area contributed by atoms with Gasteiger partial charge in [-0.25, -0.2) is 14.0 Å². The summed E-state index contributed by atoms with van der Waals surface area (Å²) in [4.78, 5) is 51.3. The van der Waals surface area contributed by atoms with Crippen LogP contribution in [-0.2, 0) is 24.8 Å². The smallest absolute Gasteiger partial charge is 0.348 e. The zero-order valence-electron chi connectivity index (χ0n) is 18.3. The Bertz CT molecular complexity index is 1480. The van der Waals surface area contributed by atoms with Gasteiger partial charge >= 0.3 is 11.7 Å². The highest BCUT2D eigenvalue weighted by Crippen LogP contribution is 2.22. The van der Waals surface area contributed by atoms with Crippen LogP contribution in [0.15, 0.2) is 64.2 Å². The molecular weight excluding hydrogens is 459 g/mol. The molecule has 2 aromatic heterocycles. The minimum atomic E-state index is -0.580. The van der Waals surface area contributed by atoms with Crippen molar-refractivity contribution in [3.63, 3.8) is 0 Å². The van der Waals surface area contributed by atoms with E-state index < -0.39 is 17.2 Å². The van der Waals surface area contributed by atoms with Crippen LogP contribution in [0.2, 0.25) is 0 Å². The number of H-pyrrole nitrogens is 1. The van der Waals surface area contributed by atoms with Crippen LogP contribution in [-0.4, -0.2) is 21.3 Å². The number of rotatable bonds is 8. The number of halogens is 1. The van der Waals surface area contributed by atoms with E-state index >= 15 is 0 Å². The van der Waals surface area contributed by atoms with E-state index in [2.05, 4.69) is 4.98 Å². The molecule has 4 aromatic rings. The lowest BCUT2D eigenvalue weighted by molar-refractivity contribution is 0.0478. The molecular formula is C25H21FN2O5S. The maximum Gasteiger partial charge on any atom is 0.348 e. The summed E-state index contributed by atoms with van der Waals surface area (Å²) < 4.78 is 19.7. The molecule has 9 heteroatoms. The Morgan fingerprint density at radius 1 is 1.06 bits per heavy atom. The Morgan fingerprint density at radius 3 is 2.56 bits per heavy atom. The number of ether oxygens (including phenoxy) is 1. The first-order valence-electron chi connectivity index (χ1n) is 10.6. The van der Waals surface area contributed by atoms with Crippen molar-refractivity contribution in [2.24, 2.45) is 7.05 Å². The van der Waals surface area contributed by atoms with Gasteiger partial charge in [0.2, 0.25) is 0 Å². The number of benzene rings is 2. The van der Waals surface area contributed by atoms with Crippen LogP contribution in [0.4, 0.5) is 4.39 Å². The lowest BCUT2D eigenvalue weighted by atomic mass is 10.0. The number of fused-ring (bicyclic) bond motifs is 1. The Hall–Kier alpha value is -3.85. The van der Waals surface area contributed by atoms with Gasteiger partial charge in [0.25, 0.3) is 5.56 Å². The Kier molecular flexibility index (Phi) is 6.83. The summed E-state index contributed by atoms with van der Waals surface area (Å²) >= 11 is 1.03. The van der Waals surface area contributed by atoms with E-state index in [0.29, 0.717) is 29.7 Å². The zero-order chi connectivity index (χ0) is 24.2. The second-order valence-electron chi connectivity index (χ2n) is 7.83. The summed E-state index contributed by atoms with van der Waals surface area (Å²) in [5.74, 6) is -0.992. The monoisotopic (exact) mass is 480 g/mol. The number of nitrogens with one attached hydrogen (secondary N) is 1. The van der Waals surface area contributed by atoms with Crippen LogP contribution in [0, 0.1) is 5.82 Å². The second-order valence-corrected chi connectivity index (χ2v) is 8.86. The first-order valence-corrected chi connectivity index (χ1v) is 11.4. The van der Waals surface area contributed by atoms with Crippen molar-refractivity contribution in [2.75, 3.05) is 0 Å². The molecule has 0 unspecified atom stereocenters. The first kappa shape index (κ1) is 23.3. The van der Waals surface area contributed by atoms with E-state index in [1.807, 2.05) is 24.3 Å². The Balaban J connectivity index is 1.34. The molecule has 0 amide bonds. The van der Waals surface area contributed by atoms with Crippen molar-refractivity contribution >= 4 is 33.3 Å². The summed E-state index contributed by atoms with van der Waals surface area (Å²) in [5.41, 5.74) is 1.20. The number of hydrogen-bond donors (Lipinski definition) is 1. The van der Waals surface area contributed by atoms with E-state index in [4.69, 9.17) is 4.74 Å². The average Bonchev–Trinajstić information content (AvgIpc) is 3.28. The lowest BCUT2D eigenvalue weighted by Crippen LogP contribution is -2.27. The van der Waals surface area contributed by atoms with Crippen molar-refractivity contribution in [1.29, 1.82) is 0 Å². The SMILES string of the molecule is Cn1c(=O)[nH]c(=O)c2cc(C(=O)OCc3cccc(CCCC(=O)c4ccc(F)cc4)c3)sc21. The fourth-order valence-corrected chi connectivity index (χ4v) is 4.57. The normalized spacial score (nSPS) is 11.0. The predicted octanol–water partition coefficient (Wildman–Crippen LogP) is 3.99. The van der Waals surface area contributed by atoms with Gasteiger partial charge in [0.05, 0.1) is 5.39 Å². The van der Waals surface area contributed by atoms with Gasteiger partial charge in [-0.05, 0) is 54.3 Å².